The summed E-state index contributed by atoms with van der Waals surface area (Å²) in [4.78, 5) is 0. The summed E-state index contributed by atoms with van der Waals surface area (Å²) >= 11 is 0. The summed E-state index contributed by atoms with van der Waals surface area (Å²) < 4.78 is 31.6. The molecule has 0 aromatic heterocycles. The molecule has 0 aliphatic heterocycles. The first-order chi connectivity index (χ1) is 5.81. The second-order valence-corrected chi connectivity index (χ2v) is 3.15. The lowest BCUT2D eigenvalue weighted by Crippen LogP contribution is -2.17. The minimum atomic E-state index is -4.67. The highest BCUT2D eigenvalue weighted by Crippen LogP contribution is 1.93. The zero-order chi connectivity index (χ0) is 10.9. The van der Waals surface area contributed by atoms with E-state index in [1.54, 1.807) is 0 Å². The van der Waals surface area contributed by atoms with E-state index in [0.717, 1.165) is 12.8 Å². The lowest BCUT2D eigenvalue weighted by Gasteiger charge is -2.01. The van der Waals surface area contributed by atoms with Gasteiger partial charge in [-0.3, -0.25) is 9.11 Å². The number of hydrogen-bond donors (Lipinski definition) is 3. The van der Waals surface area contributed by atoms with Gasteiger partial charge in [-0.05, 0) is 12.8 Å². The Kier molecular flexibility index (Phi) is 9.04. The van der Waals surface area contributed by atoms with Crippen molar-refractivity contribution < 1.29 is 17.5 Å². The molecule has 0 aromatic carbocycles. The molecule has 0 aliphatic rings. The van der Waals surface area contributed by atoms with Crippen LogP contribution in [0.4, 0.5) is 0 Å². The van der Waals surface area contributed by atoms with Gasteiger partial charge < -0.3 is 5.73 Å². The molecule has 5 nitrogen and oxygen atoms in total. The number of rotatable bonds is 4. The summed E-state index contributed by atoms with van der Waals surface area (Å²) in [6, 6.07) is 0.227. The van der Waals surface area contributed by atoms with Gasteiger partial charge in [-0.1, -0.05) is 12.2 Å². The van der Waals surface area contributed by atoms with E-state index in [1.165, 1.54) is 0 Å². The van der Waals surface area contributed by atoms with Gasteiger partial charge in [-0.25, -0.2) is 0 Å². The molecule has 0 unspecified atom stereocenters. The van der Waals surface area contributed by atoms with Gasteiger partial charge in [0.15, 0.2) is 0 Å². The molecule has 0 fully saturated rings. The predicted octanol–water partition coefficient (Wildman–Crippen LogP) is 0.813. The summed E-state index contributed by atoms with van der Waals surface area (Å²) in [6.45, 7) is 7.14. The molecular weight excluding hydrogens is 194 g/mol. The fourth-order valence-corrected chi connectivity index (χ4v) is 0.524. The van der Waals surface area contributed by atoms with E-state index in [2.05, 4.69) is 13.2 Å². The normalized spacial score (nSPS) is 10.2. The van der Waals surface area contributed by atoms with Gasteiger partial charge in [0.2, 0.25) is 0 Å². The third kappa shape index (κ3) is 34.8. The first-order valence-corrected chi connectivity index (χ1v) is 4.88. The minimum absolute atomic E-state index is 0.227. The van der Waals surface area contributed by atoms with Crippen LogP contribution in [-0.2, 0) is 10.4 Å². The van der Waals surface area contributed by atoms with Crippen LogP contribution in [0.1, 0.15) is 12.8 Å². The van der Waals surface area contributed by atoms with E-state index in [1.807, 2.05) is 12.2 Å². The third-order valence-corrected chi connectivity index (χ3v) is 0.939. The first-order valence-electron chi connectivity index (χ1n) is 3.48. The van der Waals surface area contributed by atoms with Gasteiger partial charge in [0.05, 0.1) is 0 Å². The summed E-state index contributed by atoms with van der Waals surface area (Å²) in [6.07, 6.45) is 5.42. The summed E-state index contributed by atoms with van der Waals surface area (Å²) in [5, 5.41) is 0. The second-order valence-electron chi connectivity index (χ2n) is 2.26. The molecule has 0 aromatic rings. The summed E-state index contributed by atoms with van der Waals surface area (Å²) in [5.41, 5.74) is 5.55. The molecular formula is C7H15NO4S. The molecule has 0 radical (unpaired) electrons. The van der Waals surface area contributed by atoms with E-state index in [4.69, 9.17) is 23.3 Å². The molecule has 0 spiro atoms. The summed E-state index contributed by atoms with van der Waals surface area (Å²) in [7, 11) is -4.67. The van der Waals surface area contributed by atoms with E-state index < -0.39 is 10.4 Å². The van der Waals surface area contributed by atoms with Crippen molar-refractivity contribution in [1.82, 2.24) is 0 Å². The van der Waals surface area contributed by atoms with Crippen molar-refractivity contribution in [2.75, 3.05) is 0 Å². The smallest absolute Gasteiger partial charge is 0.327 e. The molecule has 4 N–H and O–H groups in total. The minimum Gasteiger partial charge on any atom is -0.327 e. The fraction of sp³-hybridized carbons (Fsp3) is 0.429. The van der Waals surface area contributed by atoms with Crippen LogP contribution in [-0.4, -0.2) is 23.6 Å². The van der Waals surface area contributed by atoms with Crippen LogP contribution in [0.3, 0.4) is 0 Å². The van der Waals surface area contributed by atoms with E-state index >= 15 is 0 Å². The number of nitrogens with two attached hydrogens (primary N) is 1. The Morgan fingerprint density at radius 2 is 1.46 bits per heavy atom. The molecule has 0 amide bonds. The Bertz CT molecular complexity index is 217. The van der Waals surface area contributed by atoms with Gasteiger partial charge in [0.1, 0.15) is 0 Å². The molecule has 78 valence electrons. The van der Waals surface area contributed by atoms with Crippen molar-refractivity contribution in [3.8, 4) is 0 Å². The van der Waals surface area contributed by atoms with Crippen molar-refractivity contribution >= 4 is 10.4 Å². The highest BCUT2D eigenvalue weighted by atomic mass is 32.3. The molecule has 0 rings (SSSR count). The zero-order valence-electron chi connectivity index (χ0n) is 7.26. The zero-order valence-corrected chi connectivity index (χ0v) is 8.07. The summed E-state index contributed by atoms with van der Waals surface area (Å²) in [5.74, 6) is 0. The molecule has 0 bridgehead atoms. The Labute approximate surface area is 78.5 Å². The first kappa shape index (κ1) is 14.8. The molecule has 0 atom stereocenters. The van der Waals surface area contributed by atoms with E-state index in [0.29, 0.717) is 0 Å². The van der Waals surface area contributed by atoms with Gasteiger partial charge in [-0.2, -0.15) is 8.42 Å². The van der Waals surface area contributed by atoms with Gasteiger partial charge in [0, 0.05) is 6.04 Å². The van der Waals surface area contributed by atoms with Crippen LogP contribution in [0.15, 0.2) is 25.3 Å². The van der Waals surface area contributed by atoms with Crippen LogP contribution in [0.25, 0.3) is 0 Å². The maximum atomic E-state index is 8.74. The molecule has 0 saturated carbocycles. The average molecular weight is 209 g/mol. The maximum Gasteiger partial charge on any atom is 0.394 e. The van der Waals surface area contributed by atoms with Crippen molar-refractivity contribution in [3.63, 3.8) is 0 Å². The Morgan fingerprint density at radius 3 is 1.62 bits per heavy atom. The number of hydrogen-bond acceptors (Lipinski definition) is 3. The van der Waals surface area contributed by atoms with Crippen LogP contribution >= 0.6 is 0 Å². The van der Waals surface area contributed by atoms with Gasteiger partial charge in [0.25, 0.3) is 0 Å². The van der Waals surface area contributed by atoms with Crippen molar-refractivity contribution in [2.24, 2.45) is 5.73 Å². The average Bonchev–Trinajstić information content (AvgIpc) is 1.84. The van der Waals surface area contributed by atoms with Crippen molar-refractivity contribution in [3.05, 3.63) is 25.3 Å². The lowest BCUT2D eigenvalue weighted by molar-refractivity contribution is 0.381. The largest absolute Gasteiger partial charge is 0.394 e. The van der Waals surface area contributed by atoms with Crippen molar-refractivity contribution in [1.29, 1.82) is 0 Å². The molecule has 6 heteroatoms. The monoisotopic (exact) mass is 209 g/mol. The fourth-order valence-electron chi connectivity index (χ4n) is 0.524. The van der Waals surface area contributed by atoms with Crippen LogP contribution < -0.4 is 5.73 Å². The highest BCUT2D eigenvalue weighted by Gasteiger charge is 1.92. The van der Waals surface area contributed by atoms with E-state index in [9.17, 15) is 0 Å². The third-order valence-electron chi connectivity index (χ3n) is 0.939. The van der Waals surface area contributed by atoms with Crippen LogP contribution in [0, 0.1) is 0 Å². The maximum absolute atomic E-state index is 8.74. The van der Waals surface area contributed by atoms with Gasteiger partial charge in [-0.15, -0.1) is 13.2 Å². The molecule has 0 aliphatic carbocycles. The van der Waals surface area contributed by atoms with Crippen molar-refractivity contribution in [2.45, 2.75) is 18.9 Å². The molecule has 13 heavy (non-hydrogen) atoms. The second kappa shape index (κ2) is 7.93. The quantitative estimate of drug-likeness (QED) is 0.470. The SMILES string of the molecule is C=CCC(N)CC=C.O=S(=O)(O)O. The van der Waals surface area contributed by atoms with Crippen LogP contribution in [0.2, 0.25) is 0 Å². The Morgan fingerprint density at radius 1 is 1.23 bits per heavy atom. The highest BCUT2D eigenvalue weighted by molar-refractivity contribution is 7.79. The van der Waals surface area contributed by atoms with Gasteiger partial charge >= 0.3 is 10.4 Å². The molecule has 0 heterocycles. The Hall–Kier alpha value is -0.690. The topological polar surface area (TPSA) is 101 Å². The Balaban J connectivity index is 0. The predicted molar refractivity (Wildman–Crippen MR) is 51.8 cm³/mol. The van der Waals surface area contributed by atoms with Crippen LogP contribution in [0.5, 0.6) is 0 Å². The molecule has 0 saturated heterocycles. The van der Waals surface area contributed by atoms with E-state index in [-0.39, 0.29) is 6.04 Å². The standard InChI is InChI=1S/C7H13N.H2O4S/c1-3-5-7(8)6-4-2;1-5(2,3)4/h3-4,7H,1-2,5-6,8H2;(H2,1,2,3,4). The lowest BCUT2D eigenvalue weighted by atomic mass is 10.1.